The predicted octanol–water partition coefficient (Wildman–Crippen LogP) is 3.22. The van der Waals surface area contributed by atoms with Gasteiger partial charge in [0.05, 0.1) is 5.25 Å². The van der Waals surface area contributed by atoms with Crippen molar-refractivity contribution < 1.29 is 9.59 Å². The second-order valence-corrected chi connectivity index (χ2v) is 7.66. The van der Waals surface area contributed by atoms with Crippen LogP contribution < -0.4 is 10.6 Å². The number of hydrogen-bond donors (Lipinski definition) is 1. The van der Waals surface area contributed by atoms with Crippen LogP contribution in [0.15, 0.2) is 59.1 Å². The predicted molar refractivity (Wildman–Crippen MR) is 107 cm³/mol. The van der Waals surface area contributed by atoms with E-state index in [-0.39, 0.29) is 11.5 Å². The smallest absolute Gasteiger partial charge is 0.262 e. The maximum absolute atomic E-state index is 13.2. The van der Waals surface area contributed by atoms with Gasteiger partial charge >= 0.3 is 0 Å². The van der Waals surface area contributed by atoms with E-state index in [2.05, 4.69) is 0 Å². The van der Waals surface area contributed by atoms with E-state index in [1.165, 1.54) is 16.7 Å². The highest BCUT2D eigenvalue weighted by molar-refractivity contribution is 8.05. The first-order valence-electron chi connectivity index (χ1n) is 8.47. The number of carbonyl (C=O) groups is 2. The van der Waals surface area contributed by atoms with Crippen molar-refractivity contribution in [3.63, 3.8) is 0 Å². The van der Waals surface area contributed by atoms with Crippen LogP contribution in [0.2, 0.25) is 0 Å². The molecule has 5 nitrogen and oxygen atoms in total. The Kier molecular flexibility index (Phi) is 5.33. The third-order valence-corrected chi connectivity index (χ3v) is 5.55. The second-order valence-electron chi connectivity index (χ2n) is 6.47. The van der Waals surface area contributed by atoms with Gasteiger partial charge < -0.3 is 5.73 Å². The number of primary amides is 1. The molecule has 1 atom stereocenters. The number of rotatable bonds is 4. The van der Waals surface area contributed by atoms with Gasteiger partial charge in [-0.15, -0.1) is 0 Å². The zero-order valence-corrected chi connectivity index (χ0v) is 15.9. The van der Waals surface area contributed by atoms with E-state index in [1.54, 1.807) is 6.07 Å². The van der Waals surface area contributed by atoms with E-state index in [9.17, 15) is 14.9 Å². The largest absolute Gasteiger partial charge is 0.365 e. The number of hydrogen-bond acceptors (Lipinski definition) is 4. The summed E-state index contributed by atoms with van der Waals surface area (Å²) >= 11 is 1.22. The van der Waals surface area contributed by atoms with Crippen molar-refractivity contribution in [3.05, 3.63) is 75.8 Å². The summed E-state index contributed by atoms with van der Waals surface area (Å²) in [6.07, 6.45) is 0.508. The normalized spacial score (nSPS) is 18.3. The second kappa shape index (κ2) is 7.68. The van der Waals surface area contributed by atoms with Crippen LogP contribution in [0.1, 0.15) is 16.7 Å². The first kappa shape index (κ1) is 18.7. The Hall–Kier alpha value is -3.04. The van der Waals surface area contributed by atoms with Crippen molar-refractivity contribution in [2.24, 2.45) is 5.73 Å². The first-order chi connectivity index (χ1) is 12.9. The Morgan fingerprint density at radius 3 is 2.44 bits per heavy atom. The Bertz CT molecular complexity index is 991. The molecule has 3 rings (SSSR count). The molecule has 0 aliphatic carbocycles. The van der Waals surface area contributed by atoms with Gasteiger partial charge in [-0.1, -0.05) is 53.7 Å². The van der Waals surface area contributed by atoms with Crippen molar-refractivity contribution in [2.45, 2.75) is 25.5 Å². The van der Waals surface area contributed by atoms with E-state index >= 15 is 0 Å². The summed E-state index contributed by atoms with van der Waals surface area (Å²) in [5.74, 6) is -0.988. The molecule has 0 spiro atoms. The summed E-state index contributed by atoms with van der Waals surface area (Å²) in [4.78, 5) is 26.4. The van der Waals surface area contributed by atoms with Crippen LogP contribution in [0, 0.1) is 25.2 Å². The number of nitrogens with zero attached hydrogens (tertiary/aromatic N) is 2. The minimum Gasteiger partial charge on any atom is -0.365 e. The molecule has 136 valence electrons. The monoisotopic (exact) mass is 377 g/mol. The molecule has 0 saturated carbocycles. The van der Waals surface area contributed by atoms with Crippen LogP contribution in [0.25, 0.3) is 0 Å². The molecule has 1 fully saturated rings. The zero-order chi connectivity index (χ0) is 19.6. The fourth-order valence-corrected chi connectivity index (χ4v) is 4.37. The van der Waals surface area contributed by atoms with Crippen molar-refractivity contribution in [3.8, 4) is 6.07 Å². The number of thioether (sulfide) groups is 1. The molecule has 2 aromatic rings. The lowest BCUT2D eigenvalue weighted by molar-refractivity contribution is -0.117. The van der Waals surface area contributed by atoms with Gasteiger partial charge in [0.1, 0.15) is 16.7 Å². The van der Waals surface area contributed by atoms with Crippen LogP contribution in [0.4, 0.5) is 5.69 Å². The molecule has 27 heavy (non-hydrogen) atoms. The molecule has 0 aromatic heterocycles. The Labute approximate surface area is 162 Å². The topological polar surface area (TPSA) is 87.2 Å². The van der Waals surface area contributed by atoms with Crippen molar-refractivity contribution in [2.75, 3.05) is 4.90 Å². The fourth-order valence-electron chi connectivity index (χ4n) is 3.05. The van der Waals surface area contributed by atoms with E-state index in [0.717, 1.165) is 16.7 Å². The molecular formula is C21H19N3O2S. The standard InChI is InChI=1S/C21H19N3O2S/c1-13-5-3-7-15(9-13)11-18-20(26)24(16-8-4-6-14(2)10-16)21(27-18)17(12-22)19(23)25/h3-10,18H,11H2,1-2H3,(H2,23,25)/b21-17+/t18-/m1/s1. The van der Waals surface area contributed by atoms with Gasteiger partial charge in [0, 0.05) is 5.69 Å². The van der Waals surface area contributed by atoms with Crippen molar-refractivity contribution >= 4 is 29.3 Å². The van der Waals surface area contributed by atoms with Gasteiger partial charge in [0.15, 0.2) is 0 Å². The summed E-state index contributed by atoms with van der Waals surface area (Å²) in [7, 11) is 0. The van der Waals surface area contributed by atoms with Crippen LogP contribution in [0.3, 0.4) is 0 Å². The molecule has 0 radical (unpaired) electrons. The highest BCUT2D eigenvalue weighted by Gasteiger charge is 2.40. The van der Waals surface area contributed by atoms with Crippen molar-refractivity contribution in [1.82, 2.24) is 0 Å². The summed E-state index contributed by atoms with van der Waals surface area (Å²) in [5.41, 5.74) is 8.95. The summed E-state index contributed by atoms with van der Waals surface area (Å²) < 4.78 is 0. The molecule has 2 amide bonds. The Balaban J connectivity index is 2.05. The van der Waals surface area contributed by atoms with Gasteiger partial charge in [0.25, 0.3) is 5.91 Å². The van der Waals surface area contributed by atoms with Gasteiger partial charge in [-0.3, -0.25) is 14.5 Å². The minimum atomic E-state index is -0.832. The number of benzene rings is 2. The number of carbonyl (C=O) groups excluding carboxylic acids is 2. The van der Waals surface area contributed by atoms with E-state index < -0.39 is 11.2 Å². The minimum absolute atomic E-state index is 0.156. The lowest BCUT2D eigenvalue weighted by Gasteiger charge is -2.18. The van der Waals surface area contributed by atoms with Gasteiger partial charge in [-0.25, -0.2) is 0 Å². The molecule has 2 N–H and O–H groups in total. The summed E-state index contributed by atoms with van der Waals surface area (Å²) in [5, 5.41) is 9.29. The molecule has 6 heteroatoms. The fraction of sp³-hybridized carbons (Fsp3) is 0.190. The third kappa shape index (κ3) is 3.88. The SMILES string of the molecule is Cc1cccc(C[C@H]2S/C(=C(\C#N)C(N)=O)N(c3cccc(C)c3)C2=O)c1. The maximum atomic E-state index is 13.2. The van der Waals surface area contributed by atoms with Crippen LogP contribution in [-0.2, 0) is 16.0 Å². The lowest BCUT2D eigenvalue weighted by Crippen LogP contribution is -2.31. The van der Waals surface area contributed by atoms with Crippen LogP contribution in [0.5, 0.6) is 0 Å². The number of aryl methyl sites for hydroxylation is 2. The van der Waals surface area contributed by atoms with E-state index in [1.807, 2.05) is 62.4 Å². The molecule has 1 saturated heterocycles. The average Bonchev–Trinajstić information content (AvgIpc) is 2.91. The Morgan fingerprint density at radius 2 is 1.85 bits per heavy atom. The van der Waals surface area contributed by atoms with Crippen LogP contribution in [-0.4, -0.2) is 17.1 Å². The number of anilines is 1. The zero-order valence-electron chi connectivity index (χ0n) is 15.1. The highest BCUT2D eigenvalue weighted by atomic mass is 32.2. The first-order valence-corrected chi connectivity index (χ1v) is 9.35. The molecule has 1 aliphatic heterocycles. The summed E-state index contributed by atoms with van der Waals surface area (Å²) in [6.45, 7) is 3.92. The van der Waals surface area contributed by atoms with Gasteiger partial charge in [0.2, 0.25) is 5.91 Å². The van der Waals surface area contributed by atoms with E-state index in [4.69, 9.17) is 5.73 Å². The lowest BCUT2D eigenvalue weighted by atomic mass is 10.1. The van der Waals surface area contributed by atoms with E-state index in [0.29, 0.717) is 17.1 Å². The molecular weight excluding hydrogens is 358 g/mol. The average molecular weight is 377 g/mol. The molecule has 0 bridgehead atoms. The molecule has 0 unspecified atom stereocenters. The van der Waals surface area contributed by atoms with Crippen LogP contribution >= 0.6 is 11.8 Å². The maximum Gasteiger partial charge on any atom is 0.262 e. The number of nitrogens with two attached hydrogens (primary N) is 1. The quantitative estimate of drug-likeness (QED) is 0.655. The number of amides is 2. The third-order valence-electron chi connectivity index (χ3n) is 4.29. The molecule has 1 heterocycles. The van der Waals surface area contributed by atoms with Gasteiger partial charge in [-0.05, 0) is 43.5 Å². The Morgan fingerprint density at radius 1 is 1.19 bits per heavy atom. The summed E-state index contributed by atoms with van der Waals surface area (Å²) in [6, 6.07) is 17.2. The van der Waals surface area contributed by atoms with Gasteiger partial charge in [-0.2, -0.15) is 5.26 Å². The van der Waals surface area contributed by atoms with Crippen molar-refractivity contribution in [1.29, 1.82) is 5.26 Å². The molecule has 1 aliphatic rings. The number of nitriles is 1. The highest BCUT2D eigenvalue weighted by Crippen LogP contribution is 2.42. The molecule has 2 aromatic carbocycles.